The van der Waals surface area contributed by atoms with E-state index in [2.05, 4.69) is 6.07 Å². The first-order valence-corrected chi connectivity index (χ1v) is 7.06. The van der Waals surface area contributed by atoms with Gasteiger partial charge in [0.05, 0.1) is 12.7 Å². The molecule has 0 radical (unpaired) electrons. The Hall–Kier alpha value is -2.06. The number of piperidine rings is 1. The second-order valence-corrected chi connectivity index (χ2v) is 5.60. The Labute approximate surface area is 124 Å². The van der Waals surface area contributed by atoms with Gasteiger partial charge in [0.15, 0.2) is 0 Å². The van der Waals surface area contributed by atoms with Crippen LogP contribution >= 0.6 is 0 Å². The Kier molecular flexibility index (Phi) is 4.49. The number of benzene rings is 1. The van der Waals surface area contributed by atoms with Crippen LogP contribution in [0.3, 0.4) is 0 Å². The average Bonchev–Trinajstić information content (AvgIpc) is 2.49. The van der Waals surface area contributed by atoms with Crippen molar-refractivity contribution in [1.82, 2.24) is 4.90 Å². The van der Waals surface area contributed by atoms with E-state index in [1.165, 1.54) is 7.11 Å². The zero-order chi connectivity index (χ0) is 15.5. The predicted octanol–water partition coefficient (Wildman–Crippen LogP) is 2.40. The van der Waals surface area contributed by atoms with Crippen LogP contribution in [0, 0.1) is 11.3 Å². The fraction of sp³-hybridized carbons (Fsp3) is 0.500. The quantitative estimate of drug-likeness (QED) is 0.921. The Morgan fingerprint density at radius 2 is 2.29 bits per heavy atom. The fourth-order valence-electron chi connectivity index (χ4n) is 2.82. The van der Waals surface area contributed by atoms with Crippen LogP contribution in [-0.4, -0.2) is 35.2 Å². The number of rotatable bonds is 4. The summed E-state index contributed by atoms with van der Waals surface area (Å²) in [5.74, 6) is -0.244. The van der Waals surface area contributed by atoms with Crippen molar-refractivity contribution in [2.24, 2.45) is 0 Å². The molecule has 1 aromatic carbocycles. The Balaban J connectivity index is 2.24. The van der Waals surface area contributed by atoms with Crippen molar-refractivity contribution < 1.29 is 14.6 Å². The Morgan fingerprint density at radius 3 is 2.90 bits per heavy atom. The van der Waals surface area contributed by atoms with Gasteiger partial charge in [-0.2, -0.15) is 5.26 Å². The number of aliphatic carboxylic acids is 1. The number of ether oxygens (including phenoxy) is 1. The molecule has 1 aromatic rings. The molecule has 1 saturated heterocycles. The van der Waals surface area contributed by atoms with Gasteiger partial charge in [0.1, 0.15) is 17.4 Å². The maximum atomic E-state index is 11.6. The van der Waals surface area contributed by atoms with Crippen molar-refractivity contribution in [1.29, 1.82) is 5.26 Å². The normalized spacial score (nSPS) is 22.5. The molecule has 1 heterocycles. The van der Waals surface area contributed by atoms with Gasteiger partial charge in [-0.1, -0.05) is 6.07 Å². The van der Waals surface area contributed by atoms with Crippen LogP contribution in [0.2, 0.25) is 0 Å². The van der Waals surface area contributed by atoms with Gasteiger partial charge in [-0.25, -0.2) is 0 Å². The SMILES string of the molecule is COc1cc(CN2CCCCC2(C)C(=O)O)ccc1C#N. The van der Waals surface area contributed by atoms with Gasteiger partial charge >= 0.3 is 5.97 Å². The summed E-state index contributed by atoms with van der Waals surface area (Å²) in [7, 11) is 1.53. The highest BCUT2D eigenvalue weighted by Crippen LogP contribution is 2.30. The molecule has 0 spiro atoms. The zero-order valence-electron chi connectivity index (χ0n) is 12.4. The molecule has 1 unspecified atom stereocenters. The third kappa shape index (κ3) is 3.01. The minimum atomic E-state index is -0.820. The van der Waals surface area contributed by atoms with Crippen LogP contribution in [0.5, 0.6) is 5.75 Å². The molecular formula is C16H20N2O3. The maximum Gasteiger partial charge on any atom is 0.323 e. The smallest absolute Gasteiger partial charge is 0.323 e. The molecule has 1 fully saturated rings. The van der Waals surface area contributed by atoms with Gasteiger partial charge in [0.25, 0.3) is 0 Å². The lowest BCUT2D eigenvalue weighted by Crippen LogP contribution is -2.54. The van der Waals surface area contributed by atoms with Crippen LogP contribution in [0.4, 0.5) is 0 Å². The molecule has 0 aliphatic carbocycles. The van der Waals surface area contributed by atoms with Crippen LogP contribution < -0.4 is 4.74 Å². The number of carboxylic acid groups (broad SMARTS) is 1. The molecule has 1 aliphatic rings. The summed E-state index contributed by atoms with van der Waals surface area (Å²) in [5, 5.41) is 18.5. The highest BCUT2D eigenvalue weighted by molar-refractivity contribution is 5.78. The minimum absolute atomic E-state index is 0.487. The third-order valence-electron chi connectivity index (χ3n) is 4.26. The summed E-state index contributed by atoms with van der Waals surface area (Å²) in [6.45, 7) is 3.10. The molecule has 1 aliphatic heterocycles. The van der Waals surface area contributed by atoms with Crippen molar-refractivity contribution in [2.75, 3.05) is 13.7 Å². The molecule has 5 nitrogen and oxygen atoms in total. The summed E-state index contributed by atoms with van der Waals surface area (Å²) in [6, 6.07) is 7.47. The lowest BCUT2D eigenvalue weighted by molar-refractivity contribution is -0.153. The van der Waals surface area contributed by atoms with E-state index < -0.39 is 11.5 Å². The molecule has 1 N–H and O–H groups in total. The minimum Gasteiger partial charge on any atom is -0.495 e. The number of carboxylic acids is 1. The van der Waals surface area contributed by atoms with Crippen LogP contribution in [0.15, 0.2) is 18.2 Å². The first-order chi connectivity index (χ1) is 10.0. The second kappa shape index (κ2) is 6.15. The Bertz CT molecular complexity index is 579. The number of nitrogens with zero attached hydrogens (tertiary/aromatic N) is 2. The van der Waals surface area contributed by atoms with Crippen LogP contribution in [0.1, 0.15) is 37.3 Å². The molecule has 0 saturated carbocycles. The fourth-order valence-corrected chi connectivity index (χ4v) is 2.82. The van der Waals surface area contributed by atoms with Gasteiger partial charge < -0.3 is 9.84 Å². The summed E-state index contributed by atoms with van der Waals surface area (Å²) in [4.78, 5) is 13.6. The van der Waals surface area contributed by atoms with Crippen molar-refractivity contribution in [3.8, 4) is 11.8 Å². The second-order valence-electron chi connectivity index (χ2n) is 5.60. The van der Waals surface area contributed by atoms with Gasteiger partial charge in [-0.15, -0.1) is 0 Å². The van der Waals surface area contributed by atoms with E-state index >= 15 is 0 Å². The summed E-state index contributed by atoms with van der Waals surface area (Å²) >= 11 is 0. The Morgan fingerprint density at radius 1 is 1.52 bits per heavy atom. The lowest BCUT2D eigenvalue weighted by Gasteiger charge is -2.41. The van der Waals surface area contributed by atoms with Gasteiger partial charge in [-0.05, 0) is 50.4 Å². The van der Waals surface area contributed by atoms with Crippen molar-refractivity contribution in [2.45, 2.75) is 38.3 Å². The first kappa shape index (κ1) is 15.3. The van der Waals surface area contributed by atoms with Gasteiger partial charge in [0.2, 0.25) is 0 Å². The summed E-state index contributed by atoms with van der Waals surface area (Å²) in [5.41, 5.74) is 0.625. The molecular weight excluding hydrogens is 268 g/mol. The van der Waals surface area contributed by atoms with Crippen molar-refractivity contribution >= 4 is 5.97 Å². The monoisotopic (exact) mass is 288 g/mol. The topological polar surface area (TPSA) is 73.6 Å². The van der Waals surface area contributed by atoms with Gasteiger partial charge in [-0.3, -0.25) is 9.69 Å². The van der Waals surface area contributed by atoms with E-state index in [-0.39, 0.29) is 0 Å². The third-order valence-corrected chi connectivity index (χ3v) is 4.26. The number of hydrogen-bond donors (Lipinski definition) is 1. The van der Waals surface area contributed by atoms with E-state index in [0.29, 0.717) is 24.3 Å². The van der Waals surface area contributed by atoms with E-state index in [0.717, 1.165) is 24.9 Å². The van der Waals surface area contributed by atoms with Crippen LogP contribution in [-0.2, 0) is 11.3 Å². The van der Waals surface area contributed by atoms with E-state index in [1.807, 2.05) is 17.0 Å². The molecule has 0 amide bonds. The van der Waals surface area contributed by atoms with Crippen molar-refractivity contribution in [3.63, 3.8) is 0 Å². The number of hydrogen-bond acceptors (Lipinski definition) is 4. The number of likely N-dealkylation sites (tertiary alicyclic amines) is 1. The molecule has 2 rings (SSSR count). The lowest BCUT2D eigenvalue weighted by atomic mass is 9.88. The molecule has 1 atom stereocenters. The van der Waals surface area contributed by atoms with Crippen molar-refractivity contribution in [3.05, 3.63) is 29.3 Å². The standard InChI is InChI=1S/C16H20N2O3/c1-16(15(19)20)7-3-4-8-18(16)11-12-5-6-13(10-17)14(9-12)21-2/h5-6,9H,3-4,7-8,11H2,1-2H3,(H,19,20). The number of carbonyl (C=O) groups is 1. The molecule has 112 valence electrons. The highest BCUT2D eigenvalue weighted by Gasteiger charge is 2.41. The largest absolute Gasteiger partial charge is 0.495 e. The first-order valence-electron chi connectivity index (χ1n) is 7.06. The van der Waals surface area contributed by atoms with E-state index in [1.54, 1.807) is 13.0 Å². The summed E-state index contributed by atoms with van der Waals surface area (Å²) < 4.78 is 5.21. The number of nitriles is 1. The van der Waals surface area contributed by atoms with E-state index in [4.69, 9.17) is 10.00 Å². The zero-order valence-corrected chi connectivity index (χ0v) is 12.4. The maximum absolute atomic E-state index is 11.6. The molecule has 21 heavy (non-hydrogen) atoms. The van der Waals surface area contributed by atoms with Gasteiger partial charge in [0, 0.05) is 6.54 Å². The number of methoxy groups -OCH3 is 1. The average molecular weight is 288 g/mol. The highest BCUT2D eigenvalue weighted by atomic mass is 16.5. The summed E-state index contributed by atoms with van der Waals surface area (Å²) in [6.07, 6.45) is 2.61. The van der Waals surface area contributed by atoms with E-state index in [9.17, 15) is 9.90 Å². The molecule has 5 heteroatoms. The molecule has 0 bridgehead atoms. The van der Waals surface area contributed by atoms with Crippen LogP contribution in [0.25, 0.3) is 0 Å². The molecule has 0 aromatic heterocycles. The predicted molar refractivity (Wildman–Crippen MR) is 78.0 cm³/mol.